The molecule has 0 bridgehead atoms. The summed E-state index contributed by atoms with van der Waals surface area (Å²) in [4.78, 5) is 40.4. The number of nitrogens with zero attached hydrogens (tertiary/aromatic N) is 5. The van der Waals surface area contributed by atoms with E-state index in [1.165, 1.54) is 7.11 Å². The quantitative estimate of drug-likeness (QED) is 0.346. The number of aliphatic hydroxyl groups is 1. The van der Waals surface area contributed by atoms with Crippen molar-refractivity contribution >= 4 is 46.7 Å². The number of halogens is 2. The molecule has 1 atom stereocenters. The Labute approximate surface area is 250 Å². The van der Waals surface area contributed by atoms with Crippen molar-refractivity contribution in [2.24, 2.45) is 0 Å². The Bertz CT molecular complexity index is 1230. The lowest BCUT2D eigenvalue weighted by Crippen LogP contribution is -2.58. The zero-order valence-corrected chi connectivity index (χ0v) is 25.1. The molecule has 1 amide bonds. The number of ether oxygens (including phenoxy) is 1. The number of aromatic nitrogens is 2. The number of piperidine rings is 1. The molecule has 0 spiro atoms. The Hall–Kier alpha value is -2.70. The van der Waals surface area contributed by atoms with Crippen LogP contribution in [0.5, 0.6) is 0 Å². The fraction of sp³-hybridized carbons (Fsp3) is 0.571. The van der Waals surface area contributed by atoms with E-state index in [4.69, 9.17) is 38.8 Å². The number of nitrogen functional groups attached to an aromatic ring is 1. The van der Waals surface area contributed by atoms with Crippen molar-refractivity contribution in [1.82, 2.24) is 25.1 Å². The van der Waals surface area contributed by atoms with Gasteiger partial charge in [-0.1, -0.05) is 42.6 Å². The molecule has 2 aromatic rings. The number of benzene rings is 1. The van der Waals surface area contributed by atoms with Crippen molar-refractivity contribution in [3.63, 3.8) is 0 Å². The molecule has 4 rings (SSSR count). The predicted octanol–water partition coefficient (Wildman–Crippen LogP) is 2.83. The van der Waals surface area contributed by atoms with Crippen LogP contribution in [0.4, 0.5) is 11.6 Å². The van der Waals surface area contributed by atoms with E-state index in [1.54, 1.807) is 6.07 Å². The third-order valence-electron chi connectivity index (χ3n) is 7.82. The van der Waals surface area contributed by atoms with E-state index in [9.17, 15) is 9.59 Å². The molecule has 3 heterocycles. The van der Waals surface area contributed by atoms with Gasteiger partial charge in [0.25, 0.3) is 5.91 Å². The van der Waals surface area contributed by atoms with Crippen LogP contribution < -0.4 is 16.0 Å². The normalized spacial score (nSPS) is 18.9. The van der Waals surface area contributed by atoms with Crippen LogP contribution >= 0.6 is 23.2 Å². The number of hydrogen-bond acceptors (Lipinski definition) is 10. The van der Waals surface area contributed by atoms with Crippen LogP contribution in [0.2, 0.25) is 10.2 Å². The van der Waals surface area contributed by atoms with Crippen molar-refractivity contribution < 1.29 is 19.4 Å². The van der Waals surface area contributed by atoms with Gasteiger partial charge < -0.3 is 25.8 Å². The van der Waals surface area contributed by atoms with Gasteiger partial charge in [-0.15, -0.1) is 0 Å². The number of esters is 1. The monoisotopic (exact) mass is 607 g/mol. The summed E-state index contributed by atoms with van der Waals surface area (Å²) in [6.07, 6.45) is 4.15. The lowest BCUT2D eigenvalue weighted by molar-refractivity contribution is 0.0566. The lowest BCUT2D eigenvalue weighted by atomic mass is 9.96. The van der Waals surface area contributed by atoms with Gasteiger partial charge in [0.15, 0.2) is 22.5 Å². The van der Waals surface area contributed by atoms with Gasteiger partial charge in [-0.25, -0.2) is 14.8 Å². The van der Waals surface area contributed by atoms with E-state index in [0.717, 1.165) is 64.0 Å². The van der Waals surface area contributed by atoms with Gasteiger partial charge in [0.2, 0.25) is 0 Å². The molecule has 2 saturated heterocycles. The summed E-state index contributed by atoms with van der Waals surface area (Å²) >= 11 is 12.6. The molecule has 0 unspecified atom stereocenters. The highest BCUT2D eigenvalue weighted by Crippen LogP contribution is 2.30. The van der Waals surface area contributed by atoms with Crippen molar-refractivity contribution in [3.8, 4) is 0 Å². The number of piperazine rings is 1. The molecule has 4 N–H and O–H groups in total. The molecule has 13 heteroatoms. The fourth-order valence-corrected chi connectivity index (χ4v) is 6.23. The van der Waals surface area contributed by atoms with Crippen LogP contribution in [-0.4, -0.2) is 102 Å². The first-order valence-electron chi connectivity index (χ1n) is 14.1. The number of carbonyl (C=O) groups excluding carboxylic acids is 2. The molecule has 41 heavy (non-hydrogen) atoms. The van der Waals surface area contributed by atoms with E-state index < -0.39 is 5.91 Å². The number of nitrogens with one attached hydrogen (secondary N) is 1. The largest absolute Gasteiger partial charge is 0.465 e. The van der Waals surface area contributed by atoms with Crippen LogP contribution in [0.15, 0.2) is 18.2 Å². The molecule has 0 saturated carbocycles. The third-order valence-corrected chi connectivity index (χ3v) is 8.31. The average Bonchev–Trinajstić information content (AvgIpc) is 2.98. The standard InChI is InChI=1S/C28H39Cl2N7O4/c1-3-4-21-17-36(26-24(30)33-23(25(31)34-26)27(39)32-9-14-38)12-13-37(21)20-7-10-35(11-8-20)16-18-5-6-19(29)15-22(18)28(40)41-2/h5-6,15,20-21,38H,3-4,7-14,16-17H2,1-2H3,(H2,31,34)(H,32,39)/t21-/m0/s1. The molecule has 2 aliphatic rings. The summed E-state index contributed by atoms with van der Waals surface area (Å²) in [6, 6.07) is 6.17. The van der Waals surface area contributed by atoms with Gasteiger partial charge in [0, 0.05) is 49.8 Å². The summed E-state index contributed by atoms with van der Waals surface area (Å²) in [7, 11) is 1.38. The van der Waals surface area contributed by atoms with Crippen molar-refractivity contribution in [2.75, 3.05) is 63.6 Å². The minimum atomic E-state index is -0.518. The molecule has 224 valence electrons. The van der Waals surface area contributed by atoms with E-state index in [-0.39, 0.29) is 35.8 Å². The fourth-order valence-electron chi connectivity index (χ4n) is 5.81. The molecule has 2 fully saturated rings. The van der Waals surface area contributed by atoms with Gasteiger partial charge in [-0.3, -0.25) is 14.6 Å². The third kappa shape index (κ3) is 7.58. The van der Waals surface area contributed by atoms with Crippen LogP contribution in [0.1, 0.15) is 59.0 Å². The number of rotatable bonds is 10. The Kier molecular flexibility index (Phi) is 11.0. The average molecular weight is 609 g/mol. The van der Waals surface area contributed by atoms with Gasteiger partial charge in [0.05, 0.1) is 19.3 Å². The number of carbonyl (C=O) groups is 2. The number of nitrogens with two attached hydrogens (primary N) is 1. The number of methoxy groups -OCH3 is 1. The maximum absolute atomic E-state index is 12.3. The molecular formula is C28H39Cl2N7O4. The van der Waals surface area contributed by atoms with Gasteiger partial charge >= 0.3 is 5.97 Å². The molecular weight excluding hydrogens is 569 g/mol. The first-order chi connectivity index (χ1) is 19.7. The summed E-state index contributed by atoms with van der Waals surface area (Å²) in [5.74, 6) is -0.389. The highest BCUT2D eigenvalue weighted by Gasteiger charge is 2.35. The predicted molar refractivity (Wildman–Crippen MR) is 160 cm³/mol. The molecule has 1 aromatic heterocycles. The second-order valence-electron chi connectivity index (χ2n) is 10.5. The van der Waals surface area contributed by atoms with Gasteiger partial charge in [-0.05, 0) is 50.0 Å². The zero-order valence-electron chi connectivity index (χ0n) is 23.6. The van der Waals surface area contributed by atoms with Gasteiger partial charge in [0.1, 0.15) is 0 Å². The molecule has 0 radical (unpaired) electrons. The number of hydrogen-bond donors (Lipinski definition) is 3. The first-order valence-corrected chi connectivity index (χ1v) is 14.8. The Balaban J connectivity index is 1.39. The van der Waals surface area contributed by atoms with Crippen LogP contribution in [0.3, 0.4) is 0 Å². The highest BCUT2D eigenvalue weighted by atomic mass is 35.5. The smallest absolute Gasteiger partial charge is 0.338 e. The number of amides is 1. The van der Waals surface area contributed by atoms with Crippen LogP contribution in [0, 0.1) is 0 Å². The summed E-state index contributed by atoms with van der Waals surface area (Å²) in [5.41, 5.74) is 7.48. The summed E-state index contributed by atoms with van der Waals surface area (Å²) in [5, 5.41) is 12.1. The van der Waals surface area contributed by atoms with Gasteiger partial charge in [-0.2, -0.15) is 0 Å². The maximum atomic E-state index is 12.3. The Morgan fingerprint density at radius 3 is 2.61 bits per heavy atom. The van der Waals surface area contributed by atoms with Crippen LogP contribution in [0.25, 0.3) is 0 Å². The lowest BCUT2D eigenvalue weighted by Gasteiger charge is -2.48. The van der Waals surface area contributed by atoms with E-state index >= 15 is 0 Å². The number of likely N-dealkylation sites (tertiary alicyclic amines) is 1. The van der Waals surface area contributed by atoms with Crippen molar-refractivity contribution in [1.29, 1.82) is 0 Å². The maximum Gasteiger partial charge on any atom is 0.338 e. The molecule has 1 aromatic carbocycles. The van der Waals surface area contributed by atoms with E-state index in [1.807, 2.05) is 12.1 Å². The SMILES string of the molecule is CCC[C@H]1CN(c2nc(N)c(C(=O)NCCO)nc2Cl)CCN1C1CCN(Cc2ccc(Cl)cc2C(=O)OC)CC1. The summed E-state index contributed by atoms with van der Waals surface area (Å²) < 4.78 is 4.96. The molecule has 0 aliphatic carbocycles. The second-order valence-corrected chi connectivity index (χ2v) is 11.3. The van der Waals surface area contributed by atoms with Crippen molar-refractivity contribution in [3.05, 3.63) is 45.2 Å². The zero-order chi connectivity index (χ0) is 29.5. The van der Waals surface area contributed by atoms with E-state index in [2.05, 4.69) is 36.9 Å². The second kappa shape index (κ2) is 14.5. The van der Waals surface area contributed by atoms with Crippen molar-refractivity contribution in [2.45, 2.75) is 51.2 Å². The highest BCUT2D eigenvalue weighted by molar-refractivity contribution is 6.32. The number of anilines is 2. The minimum Gasteiger partial charge on any atom is -0.465 e. The summed E-state index contributed by atoms with van der Waals surface area (Å²) in [6.45, 7) is 6.95. The topological polar surface area (TPSA) is 137 Å². The Morgan fingerprint density at radius 1 is 1.17 bits per heavy atom. The first kappa shape index (κ1) is 31.2. The minimum absolute atomic E-state index is 0.0118. The molecule has 2 aliphatic heterocycles. The number of aliphatic hydroxyl groups excluding tert-OH is 1. The Morgan fingerprint density at radius 2 is 1.93 bits per heavy atom. The molecule has 11 nitrogen and oxygen atoms in total. The van der Waals surface area contributed by atoms with E-state index in [0.29, 0.717) is 35.0 Å². The van der Waals surface area contributed by atoms with Crippen LogP contribution in [-0.2, 0) is 11.3 Å².